The predicted molar refractivity (Wildman–Crippen MR) is 77.8 cm³/mol. The molecular formula is C12H9ClOS3. The molecular weight excluding hydrogens is 292 g/mol. The maximum atomic E-state index is 10.3. The van der Waals surface area contributed by atoms with Crippen molar-refractivity contribution in [2.24, 2.45) is 0 Å². The van der Waals surface area contributed by atoms with Crippen molar-refractivity contribution in [1.29, 1.82) is 0 Å². The lowest BCUT2D eigenvalue weighted by Gasteiger charge is -2.04. The Balaban J connectivity index is 2.01. The summed E-state index contributed by atoms with van der Waals surface area (Å²) in [7, 11) is 0. The topological polar surface area (TPSA) is 20.2 Å². The molecule has 0 saturated carbocycles. The van der Waals surface area contributed by atoms with Crippen LogP contribution >= 0.6 is 45.6 Å². The third-order valence-corrected chi connectivity index (χ3v) is 6.33. The van der Waals surface area contributed by atoms with Crippen molar-refractivity contribution in [2.45, 2.75) is 13.0 Å². The van der Waals surface area contributed by atoms with Gasteiger partial charge in [0.25, 0.3) is 0 Å². The first-order valence-corrected chi connectivity index (χ1v) is 7.95. The van der Waals surface area contributed by atoms with E-state index in [1.165, 1.54) is 20.7 Å². The predicted octanol–water partition coefficient (Wildman–Crippen LogP) is 5.07. The van der Waals surface area contributed by atoms with Gasteiger partial charge in [0.05, 0.1) is 4.34 Å². The molecule has 3 aromatic rings. The highest BCUT2D eigenvalue weighted by atomic mass is 35.5. The number of hydrogen-bond acceptors (Lipinski definition) is 4. The molecule has 0 fully saturated rings. The Kier molecular flexibility index (Phi) is 3.00. The summed E-state index contributed by atoms with van der Waals surface area (Å²) in [5, 5.41) is 12.4. The number of halogens is 1. The fourth-order valence-corrected chi connectivity index (χ4v) is 5.10. The minimum absolute atomic E-state index is 0.546. The molecule has 0 radical (unpaired) electrons. The summed E-state index contributed by atoms with van der Waals surface area (Å²) in [6, 6.07) is 6.12. The average Bonchev–Trinajstić information content (AvgIpc) is 2.92. The SMILES string of the molecule is Cc1cc(C(O)c2cc3sccc3s2)sc1Cl. The van der Waals surface area contributed by atoms with E-state index < -0.39 is 6.10 Å². The van der Waals surface area contributed by atoms with Crippen LogP contribution in [0.4, 0.5) is 0 Å². The van der Waals surface area contributed by atoms with Gasteiger partial charge in [-0.05, 0) is 36.1 Å². The molecule has 1 unspecified atom stereocenters. The summed E-state index contributed by atoms with van der Waals surface area (Å²) in [6.45, 7) is 1.96. The van der Waals surface area contributed by atoms with Crippen molar-refractivity contribution in [1.82, 2.24) is 0 Å². The summed E-state index contributed by atoms with van der Waals surface area (Å²) < 4.78 is 3.24. The standard InChI is InChI=1S/C12H9ClOS3/c1-6-4-9(17-12(6)13)11(14)10-5-8-7(16-10)2-3-15-8/h2-5,11,14H,1H3. The van der Waals surface area contributed by atoms with Crippen LogP contribution in [-0.4, -0.2) is 5.11 Å². The van der Waals surface area contributed by atoms with Gasteiger partial charge in [-0.15, -0.1) is 34.0 Å². The van der Waals surface area contributed by atoms with E-state index >= 15 is 0 Å². The summed E-state index contributed by atoms with van der Waals surface area (Å²) in [5.41, 5.74) is 1.03. The van der Waals surface area contributed by atoms with Crippen LogP contribution in [-0.2, 0) is 0 Å². The van der Waals surface area contributed by atoms with Gasteiger partial charge in [0, 0.05) is 19.2 Å². The summed E-state index contributed by atoms with van der Waals surface area (Å²) >= 11 is 10.8. The second kappa shape index (κ2) is 4.37. The zero-order valence-electron chi connectivity index (χ0n) is 8.94. The van der Waals surface area contributed by atoms with Crippen molar-refractivity contribution in [3.05, 3.63) is 43.2 Å². The lowest BCUT2D eigenvalue weighted by atomic mass is 10.2. The van der Waals surface area contributed by atoms with E-state index in [0.717, 1.165) is 19.7 Å². The number of aryl methyl sites for hydroxylation is 1. The minimum atomic E-state index is -0.546. The van der Waals surface area contributed by atoms with Gasteiger partial charge < -0.3 is 5.11 Å². The van der Waals surface area contributed by atoms with Crippen LogP contribution < -0.4 is 0 Å². The van der Waals surface area contributed by atoms with Gasteiger partial charge in [-0.3, -0.25) is 0 Å². The number of aliphatic hydroxyl groups is 1. The monoisotopic (exact) mass is 300 g/mol. The molecule has 88 valence electrons. The van der Waals surface area contributed by atoms with E-state index in [2.05, 4.69) is 17.5 Å². The summed E-state index contributed by atoms with van der Waals surface area (Å²) in [6.07, 6.45) is -0.546. The highest BCUT2D eigenvalue weighted by molar-refractivity contribution is 7.27. The van der Waals surface area contributed by atoms with E-state index in [1.807, 2.05) is 13.0 Å². The van der Waals surface area contributed by atoms with Crippen molar-refractivity contribution in [2.75, 3.05) is 0 Å². The van der Waals surface area contributed by atoms with E-state index in [0.29, 0.717) is 0 Å². The van der Waals surface area contributed by atoms with Crippen molar-refractivity contribution in [3.63, 3.8) is 0 Å². The first kappa shape index (κ1) is 11.7. The fourth-order valence-electron chi connectivity index (χ4n) is 1.68. The van der Waals surface area contributed by atoms with E-state index in [-0.39, 0.29) is 0 Å². The normalized spacial score (nSPS) is 13.4. The summed E-state index contributed by atoms with van der Waals surface area (Å²) in [5.74, 6) is 0. The Bertz CT molecular complexity index is 616. The second-order valence-corrected chi connectivity index (χ2v) is 7.55. The number of thiophene rings is 3. The molecule has 1 nitrogen and oxygen atoms in total. The number of hydrogen-bond donors (Lipinski definition) is 1. The number of fused-ring (bicyclic) bond motifs is 1. The number of rotatable bonds is 2. The fraction of sp³-hybridized carbons (Fsp3) is 0.167. The van der Waals surface area contributed by atoms with Crippen LogP contribution in [0.15, 0.2) is 23.6 Å². The molecule has 0 aliphatic heterocycles. The van der Waals surface area contributed by atoms with Gasteiger partial charge in [0.15, 0.2) is 0 Å². The van der Waals surface area contributed by atoms with Gasteiger partial charge in [0.2, 0.25) is 0 Å². The van der Waals surface area contributed by atoms with Crippen LogP contribution in [0.3, 0.4) is 0 Å². The van der Waals surface area contributed by atoms with Crippen molar-refractivity contribution >= 4 is 55.0 Å². The molecule has 5 heteroatoms. The van der Waals surface area contributed by atoms with E-state index in [1.54, 1.807) is 22.7 Å². The maximum Gasteiger partial charge on any atom is 0.122 e. The lowest BCUT2D eigenvalue weighted by molar-refractivity contribution is 0.228. The first-order valence-electron chi connectivity index (χ1n) is 5.06. The van der Waals surface area contributed by atoms with Gasteiger partial charge in [-0.1, -0.05) is 11.6 Å². The van der Waals surface area contributed by atoms with Gasteiger partial charge in [-0.25, -0.2) is 0 Å². The molecule has 0 bridgehead atoms. The average molecular weight is 301 g/mol. The molecule has 0 aliphatic rings. The van der Waals surface area contributed by atoms with Crippen LogP contribution in [0.25, 0.3) is 9.40 Å². The molecule has 0 aliphatic carbocycles. The molecule has 0 aromatic carbocycles. The highest BCUT2D eigenvalue weighted by Gasteiger charge is 2.17. The minimum Gasteiger partial charge on any atom is -0.382 e. The van der Waals surface area contributed by atoms with E-state index in [4.69, 9.17) is 11.6 Å². The van der Waals surface area contributed by atoms with Crippen molar-refractivity contribution in [3.8, 4) is 0 Å². The molecule has 0 saturated heterocycles. The first-order chi connectivity index (χ1) is 8.15. The Morgan fingerprint density at radius 2 is 1.94 bits per heavy atom. The van der Waals surface area contributed by atoms with Gasteiger partial charge >= 0.3 is 0 Å². The molecule has 17 heavy (non-hydrogen) atoms. The van der Waals surface area contributed by atoms with Crippen LogP contribution in [0, 0.1) is 6.92 Å². The molecule has 1 atom stereocenters. The number of aliphatic hydroxyl groups excluding tert-OH is 1. The highest BCUT2D eigenvalue weighted by Crippen LogP contribution is 2.39. The van der Waals surface area contributed by atoms with Crippen LogP contribution in [0.1, 0.15) is 21.4 Å². The zero-order chi connectivity index (χ0) is 12.0. The van der Waals surface area contributed by atoms with E-state index in [9.17, 15) is 5.11 Å². The van der Waals surface area contributed by atoms with Crippen LogP contribution in [0.5, 0.6) is 0 Å². The Morgan fingerprint density at radius 3 is 2.59 bits per heavy atom. The zero-order valence-corrected chi connectivity index (χ0v) is 12.1. The Labute approximate surface area is 116 Å². The molecule has 3 aromatic heterocycles. The smallest absolute Gasteiger partial charge is 0.122 e. The Hall–Kier alpha value is -0.390. The third kappa shape index (κ3) is 2.04. The van der Waals surface area contributed by atoms with Crippen molar-refractivity contribution < 1.29 is 5.11 Å². The molecule has 3 heterocycles. The molecule has 3 rings (SSSR count). The molecule has 0 amide bonds. The third-order valence-electron chi connectivity index (χ3n) is 2.57. The molecule has 0 spiro atoms. The Morgan fingerprint density at radius 1 is 1.18 bits per heavy atom. The van der Waals surface area contributed by atoms with Gasteiger partial charge in [-0.2, -0.15) is 0 Å². The quantitative estimate of drug-likeness (QED) is 0.700. The second-order valence-electron chi connectivity index (χ2n) is 3.81. The van der Waals surface area contributed by atoms with Gasteiger partial charge in [0.1, 0.15) is 6.10 Å². The van der Waals surface area contributed by atoms with Crippen LogP contribution in [0.2, 0.25) is 4.34 Å². The summed E-state index contributed by atoms with van der Waals surface area (Å²) in [4.78, 5) is 1.91. The maximum absolute atomic E-state index is 10.3. The largest absolute Gasteiger partial charge is 0.382 e. The lowest BCUT2D eigenvalue weighted by Crippen LogP contribution is -1.92. The molecule has 1 N–H and O–H groups in total.